The first-order valence-corrected chi connectivity index (χ1v) is 8.76. The van der Waals surface area contributed by atoms with Crippen molar-refractivity contribution in [2.45, 2.75) is 18.8 Å². The predicted molar refractivity (Wildman–Crippen MR) is 98.4 cm³/mol. The van der Waals surface area contributed by atoms with Gasteiger partial charge < -0.3 is 29.7 Å². The molecule has 0 saturated heterocycles. The zero-order valence-electron chi connectivity index (χ0n) is 15.1. The maximum Gasteiger partial charge on any atom is 0.231 e. The summed E-state index contributed by atoms with van der Waals surface area (Å²) >= 11 is 0. The Bertz CT molecular complexity index is 790. The number of phenolic OH excluding ortho intramolecular Hbond substituents is 1. The fraction of sp³-hybridized carbons (Fsp3) is 0.350. The number of ether oxygens (including phenoxy) is 3. The van der Waals surface area contributed by atoms with Crippen molar-refractivity contribution in [1.29, 1.82) is 0 Å². The second-order valence-electron chi connectivity index (χ2n) is 6.22. The summed E-state index contributed by atoms with van der Waals surface area (Å²) in [6, 6.07) is 10.6. The molecule has 1 aliphatic rings. The highest BCUT2D eigenvalue weighted by Crippen LogP contribution is 2.43. The third-order valence-electron chi connectivity index (χ3n) is 4.46. The molecule has 1 heterocycles. The van der Waals surface area contributed by atoms with Crippen LogP contribution < -0.4 is 19.5 Å². The largest absolute Gasteiger partial charge is 0.508 e. The molecule has 27 heavy (non-hydrogen) atoms. The van der Waals surface area contributed by atoms with Crippen LogP contribution in [0.3, 0.4) is 0 Å². The van der Waals surface area contributed by atoms with Gasteiger partial charge in [-0.25, -0.2) is 0 Å². The van der Waals surface area contributed by atoms with Crippen molar-refractivity contribution >= 4 is 5.91 Å². The Morgan fingerprint density at radius 2 is 1.93 bits per heavy atom. The van der Waals surface area contributed by atoms with E-state index in [-0.39, 0.29) is 37.4 Å². The molecule has 0 saturated carbocycles. The molecular weight excluding hydrogens is 350 g/mol. The molecule has 1 aliphatic heterocycles. The summed E-state index contributed by atoms with van der Waals surface area (Å²) in [5.41, 5.74) is 1.45. The number of phenols is 1. The zero-order valence-corrected chi connectivity index (χ0v) is 15.1. The maximum absolute atomic E-state index is 12.4. The van der Waals surface area contributed by atoms with Crippen LogP contribution in [0, 0.1) is 0 Å². The summed E-state index contributed by atoms with van der Waals surface area (Å²) in [7, 11) is 1.59. The van der Waals surface area contributed by atoms with E-state index in [4.69, 9.17) is 19.3 Å². The van der Waals surface area contributed by atoms with Gasteiger partial charge in [0.1, 0.15) is 11.5 Å². The number of fused-ring (bicyclic) bond motifs is 1. The van der Waals surface area contributed by atoms with E-state index in [1.807, 2.05) is 24.3 Å². The van der Waals surface area contributed by atoms with Crippen LogP contribution in [0.4, 0.5) is 0 Å². The number of nitrogens with one attached hydrogen (secondary N) is 1. The van der Waals surface area contributed by atoms with Gasteiger partial charge in [-0.05, 0) is 30.2 Å². The third kappa shape index (κ3) is 4.43. The lowest BCUT2D eigenvalue weighted by Gasteiger charge is -2.20. The Labute approximate surface area is 157 Å². The molecule has 3 N–H and O–H groups in total. The average Bonchev–Trinajstić information content (AvgIpc) is 3.13. The summed E-state index contributed by atoms with van der Waals surface area (Å²) in [4.78, 5) is 12.4. The lowest BCUT2D eigenvalue weighted by atomic mass is 9.87. The topological polar surface area (TPSA) is 97.3 Å². The molecule has 7 heteroatoms. The highest BCUT2D eigenvalue weighted by atomic mass is 16.7. The minimum atomic E-state index is -0.375. The van der Waals surface area contributed by atoms with Crippen molar-refractivity contribution in [3.63, 3.8) is 0 Å². The summed E-state index contributed by atoms with van der Waals surface area (Å²) in [5, 5.41) is 22.2. The zero-order chi connectivity index (χ0) is 19.2. The number of hydrogen-bond acceptors (Lipinski definition) is 6. The van der Waals surface area contributed by atoms with Crippen molar-refractivity contribution in [1.82, 2.24) is 5.32 Å². The van der Waals surface area contributed by atoms with Crippen molar-refractivity contribution in [3.05, 3.63) is 47.5 Å². The monoisotopic (exact) mass is 373 g/mol. The van der Waals surface area contributed by atoms with Gasteiger partial charge in [0.25, 0.3) is 0 Å². The molecule has 1 unspecified atom stereocenters. The predicted octanol–water partition coefficient (Wildman–Crippen LogP) is 2.15. The molecular formula is C20H23NO6. The molecule has 0 fully saturated rings. The molecule has 3 rings (SSSR count). The van der Waals surface area contributed by atoms with Crippen LogP contribution in [0.1, 0.15) is 29.9 Å². The minimum Gasteiger partial charge on any atom is -0.508 e. The first kappa shape index (κ1) is 18.8. The van der Waals surface area contributed by atoms with Crippen molar-refractivity contribution in [2.75, 3.05) is 27.1 Å². The third-order valence-corrected chi connectivity index (χ3v) is 4.46. The molecule has 0 aromatic heterocycles. The molecule has 1 atom stereocenters. The molecule has 7 nitrogen and oxygen atoms in total. The van der Waals surface area contributed by atoms with E-state index in [0.29, 0.717) is 35.8 Å². The summed E-state index contributed by atoms with van der Waals surface area (Å²) in [6.45, 7) is 0.524. The number of aromatic hydroxyl groups is 1. The highest BCUT2D eigenvalue weighted by molar-refractivity contribution is 5.78. The standard InChI is InChI=1S/C20H23NO6/c1-25-14-5-3-13(4-6-14)15(10-20(24)21-7-2-8-22)16-9-18-19(11-17(16)23)27-12-26-18/h3-6,9,11,15,22-23H,2,7-8,10,12H2,1H3,(H,21,24). The van der Waals surface area contributed by atoms with Gasteiger partial charge in [0.05, 0.1) is 7.11 Å². The molecule has 0 aliphatic carbocycles. The quantitative estimate of drug-likeness (QED) is 0.614. The van der Waals surface area contributed by atoms with Gasteiger partial charge in [-0.3, -0.25) is 4.79 Å². The van der Waals surface area contributed by atoms with Gasteiger partial charge in [0, 0.05) is 37.1 Å². The number of carbonyl (C=O) groups excluding carboxylic acids is 1. The summed E-state index contributed by atoms with van der Waals surface area (Å²) in [6.07, 6.45) is 0.638. The van der Waals surface area contributed by atoms with Crippen LogP contribution in [0.2, 0.25) is 0 Å². The van der Waals surface area contributed by atoms with Crippen LogP contribution in [-0.4, -0.2) is 43.2 Å². The van der Waals surface area contributed by atoms with E-state index in [1.165, 1.54) is 6.07 Å². The van der Waals surface area contributed by atoms with Crippen molar-refractivity contribution < 1.29 is 29.2 Å². The number of aliphatic hydroxyl groups is 1. The second kappa shape index (κ2) is 8.64. The highest BCUT2D eigenvalue weighted by Gasteiger charge is 2.25. The number of amides is 1. The lowest BCUT2D eigenvalue weighted by Crippen LogP contribution is -2.26. The van der Waals surface area contributed by atoms with Crippen LogP contribution in [-0.2, 0) is 4.79 Å². The Morgan fingerprint density at radius 3 is 2.59 bits per heavy atom. The molecule has 2 aromatic rings. The fourth-order valence-corrected chi connectivity index (χ4v) is 3.03. The minimum absolute atomic E-state index is 0.0190. The van der Waals surface area contributed by atoms with E-state index < -0.39 is 0 Å². The molecule has 0 spiro atoms. The van der Waals surface area contributed by atoms with E-state index in [0.717, 1.165) is 5.56 Å². The van der Waals surface area contributed by atoms with Gasteiger partial charge in [0.15, 0.2) is 11.5 Å². The first-order chi connectivity index (χ1) is 13.1. The van der Waals surface area contributed by atoms with Crippen LogP contribution in [0.25, 0.3) is 0 Å². The van der Waals surface area contributed by atoms with Crippen LogP contribution in [0.5, 0.6) is 23.0 Å². The number of hydrogen-bond donors (Lipinski definition) is 3. The van der Waals surface area contributed by atoms with Gasteiger partial charge in [-0.1, -0.05) is 12.1 Å². The molecule has 144 valence electrons. The van der Waals surface area contributed by atoms with E-state index in [9.17, 15) is 9.90 Å². The number of carbonyl (C=O) groups is 1. The van der Waals surface area contributed by atoms with Crippen LogP contribution in [0.15, 0.2) is 36.4 Å². The number of rotatable bonds is 8. The Balaban J connectivity index is 1.90. The SMILES string of the molecule is COc1ccc(C(CC(=O)NCCCO)c2cc3c(cc2O)OCO3)cc1. The van der Waals surface area contributed by atoms with Crippen molar-refractivity contribution in [2.24, 2.45) is 0 Å². The van der Waals surface area contributed by atoms with Gasteiger partial charge >= 0.3 is 0 Å². The molecule has 1 amide bonds. The average molecular weight is 373 g/mol. The fourth-order valence-electron chi connectivity index (χ4n) is 3.03. The van der Waals surface area contributed by atoms with Gasteiger partial charge in [-0.15, -0.1) is 0 Å². The molecule has 0 bridgehead atoms. The number of aliphatic hydroxyl groups excluding tert-OH is 1. The Morgan fingerprint density at radius 1 is 1.22 bits per heavy atom. The molecule has 2 aromatic carbocycles. The lowest BCUT2D eigenvalue weighted by molar-refractivity contribution is -0.121. The normalized spacial score (nSPS) is 13.3. The van der Waals surface area contributed by atoms with Crippen molar-refractivity contribution in [3.8, 4) is 23.0 Å². The van der Waals surface area contributed by atoms with E-state index in [1.54, 1.807) is 13.2 Å². The second-order valence-corrected chi connectivity index (χ2v) is 6.22. The van der Waals surface area contributed by atoms with E-state index in [2.05, 4.69) is 5.32 Å². The van der Waals surface area contributed by atoms with Gasteiger partial charge in [0.2, 0.25) is 12.7 Å². The Kier molecular flexibility index (Phi) is 6.03. The van der Waals surface area contributed by atoms with E-state index >= 15 is 0 Å². The smallest absolute Gasteiger partial charge is 0.231 e. The maximum atomic E-state index is 12.4. The number of methoxy groups -OCH3 is 1. The molecule has 0 radical (unpaired) electrons. The Hall–Kier alpha value is -2.93. The van der Waals surface area contributed by atoms with Gasteiger partial charge in [-0.2, -0.15) is 0 Å². The number of benzene rings is 2. The summed E-state index contributed by atoms with van der Waals surface area (Å²) in [5.74, 6) is 1.24. The summed E-state index contributed by atoms with van der Waals surface area (Å²) < 4.78 is 15.9. The van der Waals surface area contributed by atoms with Crippen LogP contribution >= 0.6 is 0 Å². The first-order valence-electron chi connectivity index (χ1n) is 8.76.